The van der Waals surface area contributed by atoms with Crippen LogP contribution in [-0.2, 0) is 0 Å². The van der Waals surface area contributed by atoms with Gasteiger partial charge in [-0.05, 0) is 58.1 Å². The van der Waals surface area contributed by atoms with Gasteiger partial charge in [-0.15, -0.1) is 0 Å². The molecule has 2 aliphatic rings. The number of fused-ring (bicyclic) bond motifs is 1. The molecule has 1 amide bonds. The van der Waals surface area contributed by atoms with Gasteiger partial charge in [0.25, 0.3) is 5.91 Å². The van der Waals surface area contributed by atoms with E-state index in [0.29, 0.717) is 5.41 Å². The topological polar surface area (TPSA) is 63.1 Å². The summed E-state index contributed by atoms with van der Waals surface area (Å²) >= 11 is 0. The van der Waals surface area contributed by atoms with Gasteiger partial charge in [0, 0.05) is 31.4 Å². The predicted octanol–water partition coefficient (Wildman–Crippen LogP) is 2.54. The third kappa shape index (κ3) is 2.82. The number of rotatable bonds is 2. The Kier molecular flexibility index (Phi) is 4.02. The van der Waals surface area contributed by atoms with Crippen LogP contribution in [0.5, 0.6) is 0 Å². The standard InChI is InChI=1S/C19H27N5O/c1-13(2)24-17-16(11-21-24)15(10-14(3)22-17)18(25)23-8-5-19(6-9-23)4-7-20-12-19/h10-11,13,20H,4-9,12H2,1-3H3. The SMILES string of the molecule is Cc1cc(C(=O)N2CCC3(CCNC3)CC2)c2cnn(C(C)C)c2n1. The van der Waals surface area contributed by atoms with Crippen LogP contribution >= 0.6 is 0 Å². The van der Waals surface area contributed by atoms with Gasteiger partial charge in [0.15, 0.2) is 5.65 Å². The lowest BCUT2D eigenvalue weighted by Crippen LogP contribution is -2.44. The van der Waals surface area contributed by atoms with Crippen molar-refractivity contribution in [3.8, 4) is 0 Å². The Morgan fingerprint density at radius 2 is 2.04 bits per heavy atom. The van der Waals surface area contributed by atoms with Crippen molar-refractivity contribution in [1.29, 1.82) is 0 Å². The van der Waals surface area contributed by atoms with Crippen LogP contribution in [0.15, 0.2) is 12.3 Å². The number of piperidine rings is 1. The monoisotopic (exact) mass is 341 g/mol. The molecule has 6 heteroatoms. The zero-order valence-electron chi connectivity index (χ0n) is 15.4. The van der Waals surface area contributed by atoms with E-state index in [1.807, 2.05) is 22.6 Å². The minimum Gasteiger partial charge on any atom is -0.339 e. The number of pyridine rings is 1. The van der Waals surface area contributed by atoms with E-state index in [1.165, 1.54) is 6.42 Å². The fourth-order valence-corrected chi connectivity index (χ4v) is 4.27. The summed E-state index contributed by atoms with van der Waals surface area (Å²) in [5.41, 5.74) is 2.84. The second-order valence-electron chi connectivity index (χ2n) is 7.95. The Morgan fingerprint density at radius 1 is 1.28 bits per heavy atom. The molecule has 2 fully saturated rings. The van der Waals surface area contributed by atoms with E-state index in [4.69, 9.17) is 0 Å². The summed E-state index contributed by atoms with van der Waals surface area (Å²) in [4.78, 5) is 19.8. The minimum atomic E-state index is 0.125. The third-order valence-electron chi connectivity index (χ3n) is 5.86. The summed E-state index contributed by atoms with van der Waals surface area (Å²) in [7, 11) is 0. The summed E-state index contributed by atoms with van der Waals surface area (Å²) in [5, 5.41) is 8.81. The van der Waals surface area contributed by atoms with E-state index in [2.05, 4.69) is 29.2 Å². The van der Waals surface area contributed by atoms with E-state index in [-0.39, 0.29) is 11.9 Å². The molecule has 0 radical (unpaired) electrons. The van der Waals surface area contributed by atoms with Crippen LogP contribution in [0.25, 0.3) is 11.0 Å². The third-order valence-corrected chi connectivity index (χ3v) is 5.86. The normalized spacial score (nSPS) is 20.1. The van der Waals surface area contributed by atoms with Crippen LogP contribution in [-0.4, -0.2) is 51.8 Å². The number of hydrogen-bond donors (Lipinski definition) is 1. The summed E-state index contributed by atoms with van der Waals surface area (Å²) in [6, 6.07) is 2.14. The highest BCUT2D eigenvalue weighted by Gasteiger charge is 2.38. The van der Waals surface area contributed by atoms with E-state index in [1.54, 1.807) is 6.20 Å². The van der Waals surface area contributed by atoms with Gasteiger partial charge in [-0.25, -0.2) is 9.67 Å². The Bertz CT molecular complexity index is 793. The lowest BCUT2D eigenvalue weighted by molar-refractivity contribution is 0.0609. The highest BCUT2D eigenvalue weighted by Crippen LogP contribution is 2.37. The molecule has 2 saturated heterocycles. The molecule has 2 aromatic heterocycles. The molecule has 0 aromatic carbocycles. The number of likely N-dealkylation sites (tertiary alicyclic amines) is 1. The molecule has 0 bridgehead atoms. The van der Waals surface area contributed by atoms with E-state index in [9.17, 15) is 4.79 Å². The van der Waals surface area contributed by atoms with Crippen LogP contribution in [0.3, 0.4) is 0 Å². The van der Waals surface area contributed by atoms with Crippen molar-refractivity contribution < 1.29 is 4.79 Å². The van der Waals surface area contributed by atoms with Gasteiger partial charge in [0.1, 0.15) is 0 Å². The quantitative estimate of drug-likeness (QED) is 0.912. The maximum atomic E-state index is 13.2. The number of amides is 1. The molecule has 4 heterocycles. The summed E-state index contributed by atoms with van der Waals surface area (Å²) in [6.07, 6.45) is 5.24. The first-order valence-electron chi connectivity index (χ1n) is 9.34. The number of hydrogen-bond acceptors (Lipinski definition) is 4. The first kappa shape index (κ1) is 16.5. The molecular weight excluding hydrogens is 314 g/mol. The lowest BCUT2D eigenvalue weighted by Gasteiger charge is -2.39. The summed E-state index contributed by atoms with van der Waals surface area (Å²) in [6.45, 7) is 10.0. The summed E-state index contributed by atoms with van der Waals surface area (Å²) < 4.78 is 1.90. The van der Waals surface area contributed by atoms with Crippen LogP contribution in [0, 0.1) is 12.3 Å². The molecule has 1 spiro atoms. The maximum Gasteiger partial charge on any atom is 0.254 e. The molecule has 0 saturated carbocycles. The minimum absolute atomic E-state index is 0.125. The fraction of sp³-hybridized carbons (Fsp3) is 0.632. The lowest BCUT2D eigenvalue weighted by atomic mass is 9.78. The van der Waals surface area contributed by atoms with Gasteiger partial charge >= 0.3 is 0 Å². The number of carbonyl (C=O) groups excluding carboxylic acids is 1. The Morgan fingerprint density at radius 3 is 2.68 bits per heavy atom. The number of aromatic nitrogens is 3. The number of aryl methyl sites for hydroxylation is 1. The van der Waals surface area contributed by atoms with Gasteiger partial charge in [0.2, 0.25) is 0 Å². The van der Waals surface area contributed by atoms with Crippen LogP contribution in [0.2, 0.25) is 0 Å². The van der Waals surface area contributed by atoms with Crippen molar-refractivity contribution >= 4 is 16.9 Å². The van der Waals surface area contributed by atoms with E-state index in [0.717, 1.165) is 61.3 Å². The average Bonchev–Trinajstić information content (AvgIpc) is 3.21. The zero-order chi connectivity index (χ0) is 17.6. The van der Waals surface area contributed by atoms with Crippen LogP contribution < -0.4 is 5.32 Å². The highest BCUT2D eigenvalue weighted by molar-refractivity contribution is 6.05. The molecule has 1 N–H and O–H groups in total. The summed E-state index contributed by atoms with van der Waals surface area (Å²) in [5.74, 6) is 0.125. The average molecular weight is 341 g/mol. The molecule has 2 aliphatic heterocycles. The number of nitrogens with zero attached hydrogens (tertiary/aromatic N) is 4. The second kappa shape index (κ2) is 6.09. The Balaban J connectivity index is 1.62. The fourth-order valence-electron chi connectivity index (χ4n) is 4.27. The van der Waals surface area contributed by atoms with Crippen molar-refractivity contribution in [3.63, 3.8) is 0 Å². The van der Waals surface area contributed by atoms with Crippen molar-refractivity contribution in [2.24, 2.45) is 5.41 Å². The van der Waals surface area contributed by atoms with E-state index < -0.39 is 0 Å². The predicted molar refractivity (Wildman–Crippen MR) is 97.7 cm³/mol. The Hall–Kier alpha value is -1.95. The second-order valence-corrected chi connectivity index (χ2v) is 7.95. The molecule has 0 aliphatic carbocycles. The molecule has 25 heavy (non-hydrogen) atoms. The number of carbonyl (C=O) groups is 1. The zero-order valence-corrected chi connectivity index (χ0v) is 15.4. The van der Waals surface area contributed by atoms with Crippen molar-refractivity contribution in [3.05, 3.63) is 23.5 Å². The van der Waals surface area contributed by atoms with Gasteiger partial charge in [-0.1, -0.05) is 0 Å². The highest BCUT2D eigenvalue weighted by atomic mass is 16.2. The molecule has 0 unspecified atom stereocenters. The van der Waals surface area contributed by atoms with Gasteiger partial charge in [0.05, 0.1) is 17.1 Å². The first-order valence-corrected chi connectivity index (χ1v) is 9.34. The largest absolute Gasteiger partial charge is 0.339 e. The van der Waals surface area contributed by atoms with E-state index >= 15 is 0 Å². The van der Waals surface area contributed by atoms with Crippen molar-refractivity contribution in [2.75, 3.05) is 26.2 Å². The Labute approximate surface area is 148 Å². The molecule has 4 rings (SSSR count). The van der Waals surface area contributed by atoms with Gasteiger partial charge in [-0.2, -0.15) is 5.10 Å². The first-order chi connectivity index (χ1) is 12.0. The molecular formula is C19H27N5O. The van der Waals surface area contributed by atoms with Crippen LogP contribution in [0.1, 0.15) is 55.2 Å². The number of nitrogens with one attached hydrogen (secondary N) is 1. The van der Waals surface area contributed by atoms with Gasteiger partial charge < -0.3 is 10.2 Å². The van der Waals surface area contributed by atoms with Crippen molar-refractivity contribution in [1.82, 2.24) is 25.0 Å². The molecule has 6 nitrogen and oxygen atoms in total. The van der Waals surface area contributed by atoms with Crippen molar-refractivity contribution in [2.45, 2.75) is 46.1 Å². The molecule has 0 atom stereocenters. The molecule has 2 aromatic rings. The maximum absolute atomic E-state index is 13.2. The molecule has 134 valence electrons. The smallest absolute Gasteiger partial charge is 0.254 e. The van der Waals surface area contributed by atoms with Gasteiger partial charge in [-0.3, -0.25) is 4.79 Å². The van der Waals surface area contributed by atoms with Crippen LogP contribution in [0.4, 0.5) is 0 Å².